The number of hydrogen-bond donors (Lipinski definition) is 1. The van der Waals surface area contributed by atoms with Crippen molar-refractivity contribution in [3.8, 4) is 5.69 Å². The Morgan fingerprint density at radius 2 is 2.04 bits per heavy atom. The molecule has 0 bridgehead atoms. The molecule has 0 aliphatic carbocycles. The second-order valence-corrected chi connectivity index (χ2v) is 5.12. The number of benzene rings is 1. The molecule has 1 N–H and O–H groups in total. The average Bonchev–Trinajstić information content (AvgIpc) is 2.96. The minimum atomic E-state index is -0.279. The van der Waals surface area contributed by atoms with E-state index in [1.807, 2.05) is 29.7 Å². The number of carbonyl (C=O) groups excluding carboxylic acids is 1. The first-order valence-corrected chi connectivity index (χ1v) is 7.00. The predicted molar refractivity (Wildman–Crippen MR) is 85.7 cm³/mol. The molecule has 3 rings (SSSR count). The van der Waals surface area contributed by atoms with Crippen molar-refractivity contribution in [3.63, 3.8) is 0 Å². The molecule has 0 spiro atoms. The third-order valence-electron chi connectivity index (χ3n) is 3.45. The fourth-order valence-electron chi connectivity index (χ4n) is 2.21. The third kappa shape index (κ3) is 3.03. The molecule has 0 aliphatic rings. The first-order chi connectivity index (χ1) is 11.0. The minimum Gasteiger partial charge on any atom is -0.322 e. The molecule has 0 radical (unpaired) electrons. The van der Waals surface area contributed by atoms with E-state index in [0.29, 0.717) is 11.3 Å². The van der Waals surface area contributed by atoms with E-state index < -0.39 is 0 Å². The smallest absolute Gasteiger partial charge is 0.257 e. The van der Waals surface area contributed by atoms with Crippen LogP contribution in [0.3, 0.4) is 0 Å². The maximum Gasteiger partial charge on any atom is 0.257 e. The van der Waals surface area contributed by atoms with Crippen LogP contribution in [-0.2, 0) is 7.05 Å². The molecule has 2 heterocycles. The summed E-state index contributed by atoms with van der Waals surface area (Å²) in [6, 6.07) is 10.2. The van der Waals surface area contributed by atoms with Crippen molar-refractivity contribution >= 4 is 11.6 Å². The number of nitrogens with one attached hydrogen (secondary N) is 1. The van der Waals surface area contributed by atoms with Gasteiger partial charge in [0.15, 0.2) is 0 Å². The van der Waals surface area contributed by atoms with Crippen LogP contribution in [0.1, 0.15) is 16.2 Å². The number of rotatable bonds is 3. The third-order valence-corrected chi connectivity index (χ3v) is 3.45. The van der Waals surface area contributed by atoms with Gasteiger partial charge in [0.05, 0.1) is 11.3 Å². The first-order valence-electron chi connectivity index (χ1n) is 7.00. The van der Waals surface area contributed by atoms with Gasteiger partial charge < -0.3 is 9.88 Å². The number of hydrogen-bond acceptors (Lipinski definition) is 4. The SMILES string of the molecule is Cc1nncn1-c1cccc(NC(=O)c2ccc(=O)n(C)c2)c1. The molecule has 1 amide bonds. The molecular weight excluding hydrogens is 294 g/mol. The zero-order valence-electron chi connectivity index (χ0n) is 12.7. The Labute approximate surface area is 132 Å². The fourth-order valence-corrected chi connectivity index (χ4v) is 2.21. The summed E-state index contributed by atoms with van der Waals surface area (Å²) in [6.45, 7) is 1.85. The van der Waals surface area contributed by atoms with Gasteiger partial charge in [-0.05, 0) is 31.2 Å². The van der Waals surface area contributed by atoms with E-state index in [4.69, 9.17) is 0 Å². The van der Waals surface area contributed by atoms with Crippen molar-refractivity contribution in [1.29, 1.82) is 0 Å². The summed E-state index contributed by atoms with van der Waals surface area (Å²) in [5.74, 6) is 0.477. The highest BCUT2D eigenvalue weighted by atomic mass is 16.2. The van der Waals surface area contributed by atoms with Gasteiger partial charge in [0.25, 0.3) is 5.91 Å². The summed E-state index contributed by atoms with van der Waals surface area (Å²) in [4.78, 5) is 23.7. The van der Waals surface area contributed by atoms with Crippen LogP contribution < -0.4 is 10.9 Å². The molecule has 23 heavy (non-hydrogen) atoms. The lowest BCUT2D eigenvalue weighted by Gasteiger charge is -2.09. The highest BCUT2D eigenvalue weighted by Crippen LogP contribution is 2.16. The van der Waals surface area contributed by atoms with Crippen LogP contribution in [0, 0.1) is 6.92 Å². The van der Waals surface area contributed by atoms with E-state index in [-0.39, 0.29) is 11.5 Å². The molecule has 0 fully saturated rings. The van der Waals surface area contributed by atoms with Gasteiger partial charge in [0.2, 0.25) is 5.56 Å². The van der Waals surface area contributed by atoms with Gasteiger partial charge in [-0.15, -0.1) is 10.2 Å². The van der Waals surface area contributed by atoms with Crippen molar-refractivity contribution in [2.24, 2.45) is 7.05 Å². The number of aromatic nitrogens is 4. The van der Waals surface area contributed by atoms with E-state index in [1.54, 1.807) is 19.4 Å². The summed E-state index contributed by atoms with van der Waals surface area (Å²) >= 11 is 0. The number of aryl methyl sites for hydroxylation is 2. The Bertz CT molecular complexity index is 926. The average molecular weight is 309 g/mol. The van der Waals surface area contributed by atoms with Crippen molar-refractivity contribution in [1.82, 2.24) is 19.3 Å². The fraction of sp³-hybridized carbons (Fsp3) is 0.125. The standard InChI is InChI=1S/C16H15N5O2/c1-11-19-17-10-21(11)14-5-3-4-13(8-14)18-16(23)12-6-7-15(22)20(2)9-12/h3-10H,1-2H3,(H,18,23). The highest BCUT2D eigenvalue weighted by molar-refractivity contribution is 6.04. The maximum atomic E-state index is 12.3. The Balaban J connectivity index is 1.85. The number of anilines is 1. The monoisotopic (exact) mass is 309 g/mol. The van der Waals surface area contributed by atoms with Crippen LogP contribution in [0.4, 0.5) is 5.69 Å². The van der Waals surface area contributed by atoms with Crippen LogP contribution in [0.25, 0.3) is 5.69 Å². The predicted octanol–water partition coefficient (Wildman–Crippen LogP) is 1.53. The molecular formula is C16H15N5O2. The lowest BCUT2D eigenvalue weighted by molar-refractivity contribution is 0.102. The van der Waals surface area contributed by atoms with E-state index >= 15 is 0 Å². The molecule has 2 aromatic heterocycles. The van der Waals surface area contributed by atoms with E-state index in [2.05, 4.69) is 15.5 Å². The number of pyridine rings is 1. The largest absolute Gasteiger partial charge is 0.322 e. The number of carbonyl (C=O) groups is 1. The van der Waals surface area contributed by atoms with Gasteiger partial charge in [-0.3, -0.25) is 14.2 Å². The first kappa shape index (κ1) is 14.7. The minimum absolute atomic E-state index is 0.161. The second kappa shape index (κ2) is 5.88. The molecule has 116 valence electrons. The van der Waals surface area contributed by atoms with Crippen LogP contribution >= 0.6 is 0 Å². The van der Waals surface area contributed by atoms with Gasteiger partial charge in [0.1, 0.15) is 12.2 Å². The van der Waals surface area contributed by atoms with Crippen molar-refractivity contribution < 1.29 is 4.79 Å². The summed E-state index contributed by atoms with van der Waals surface area (Å²) in [5.41, 5.74) is 1.75. The van der Waals surface area contributed by atoms with Gasteiger partial charge in [-0.2, -0.15) is 0 Å². The number of nitrogens with zero attached hydrogens (tertiary/aromatic N) is 4. The second-order valence-electron chi connectivity index (χ2n) is 5.12. The Kier molecular flexibility index (Phi) is 3.76. The molecule has 7 heteroatoms. The lowest BCUT2D eigenvalue weighted by atomic mass is 10.2. The lowest BCUT2D eigenvalue weighted by Crippen LogP contribution is -2.19. The van der Waals surface area contributed by atoms with Gasteiger partial charge in [-0.1, -0.05) is 6.07 Å². The van der Waals surface area contributed by atoms with E-state index in [9.17, 15) is 9.59 Å². The molecule has 0 saturated heterocycles. The van der Waals surface area contributed by atoms with Crippen molar-refractivity contribution in [2.75, 3.05) is 5.32 Å². The molecule has 1 aromatic carbocycles. The Morgan fingerprint density at radius 3 is 2.74 bits per heavy atom. The van der Waals surface area contributed by atoms with Gasteiger partial charge in [0, 0.05) is 25.0 Å². The quantitative estimate of drug-likeness (QED) is 0.795. The van der Waals surface area contributed by atoms with Crippen molar-refractivity contribution in [3.05, 3.63) is 70.7 Å². The maximum absolute atomic E-state index is 12.3. The normalized spacial score (nSPS) is 10.5. The zero-order valence-corrected chi connectivity index (χ0v) is 12.7. The summed E-state index contributed by atoms with van der Waals surface area (Å²) in [7, 11) is 1.61. The van der Waals surface area contributed by atoms with Crippen molar-refractivity contribution in [2.45, 2.75) is 6.92 Å². The summed E-state index contributed by atoms with van der Waals surface area (Å²) in [6.07, 6.45) is 3.12. The van der Waals surface area contributed by atoms with E-state index in [1.165, 1.54) is 22.9 Å². The zero-order chi connectivity index (χ0) is 16.4. The molecule has 0 saturated carbocycles. The van der Waals surface area contributed by atoms with Gasteiger partial charge in [-0.25, -0.2) is 0 Å². The summed E-state index contributed by atoms with van der Waals surface area (Å²) in [5, 5.41) is 10.6. The molecule has 3 aromatic rings. The van der Waals surface area contributed by atoms with Gasteiger partial charge >= 0.3 is 0 Å². The highest BCUT2D eigenvalue weighted by Gasteiger charge is 2.08. The van der Waals surface area contributed by atoms with Crippen LogP contribution in [0.5, 0.6) is 0 Å². The topological polar surface area (TPSA) is 81.8 Å². The molecule has 0 aliphatic heterocycles. The van der Waals surface area contributed by atoms with Crippen LogP contribution in [0.15, 0.2) is 53.7 Å². The van der Waals surface area contributed by atoms with Crippen LogP contribution in [-0.4, -0.2) is 25.2 Å². The molecule has 0 unspecified atom stereocenters. The number of amides is 1. The summed E-state index contributed by atoms with van der Waals surface area (Å²) < 4.78 is 3.19. The molecule has 7 nitrogen and oxygen atoms in total. The Morgan fingerprint density at radius 1 is 1.22 bits per heavy atom. The Hall–Kier alpha value is -3.22. The molecule has 0 atom stereocenters. The van der Waals surface area contributed by atoms with Crippen LogP contribution in [0.2, 0.25) is 0 Å². The van der Waals surface area contributed by atoms with E-state index in [0.717, 1.165) is 11.5 Å².